The Kier molecular flexibility index (Phi) is 3.78. The van der Waals surface area contributed by atoms with Crippen LogP contribution in [0.5, 0.6) is 0 Å². The molecule has 0 amide bonds. The smallest absolute Gasteiger partial charge is 0.197 e. The molecule has 0 bridgehead atoms. The van der Waals surface area contributed by atoms with Gasteiger partial charge in [0.1, 0.15) is 0 Å². The molecule has 7 heteroatoms. The normalized spacial score (nSPS) is 11.0. The third-order valence-corrected chi connectivity index (χ3v) is 3.82. The van der Waals surface area contributed by atoms with Gasteiger partial charge in [0.25, 0.3) is 0 Å². The molecular formula is C13H16N6S. The fourth-order valence-corrected chi connectivity index (χ4v) is 2.70. The Morgan fingerprint density at radius 1 is 1.25 bits per heavy atom. The van der Waals surface area contributed by atoms with Crippen molar-refractivity contribution in [2.24, 2.45) is 0 Å². The van der Waals surface area contributed by atoms with Crippen LogP contribution in [-0.4, -0.2) is 25.0 Å². The van der Waals surface area contributed by atoms with Crippen molar-refractivity contribution >= 4 is 17.3 Å². The van der Waals surface area contributed by atoms with Crippen molar-refractivity contribution in [3.05, 3.63) is 46.2 Å². The molecule has 3 rings (SSSR count). The maximum absolute atomic E-state index is 5.54. The molecule has 20 heavy (non-hydrogen) atoms. The number of nitrogen functional groups attached to an aromatic ring is 1. The summed E-state index contributed by atoms with van der Waals surface area (Å²) in [7, 11) is 0. The number of rotatable bonds is 6. The number of aromatic nitrogens is 5. The fourth-order valence-electron chi connectivity index (χ4n) is 2.00. The number of aromatic amines is 1. The summed E-state index contributed by atoms with van der Waals surface area (Å²) in [6.45, 7) is 0.860. The van der Waals surface area contributed by atoms with Gasteiger partial charge in [-0.05, 0) is 41.7 Å². The first-order chi connectivity index (χ1) is 9.79. The van der Waals surface area contributed by atoms with Crippen molar-refractivity contribution in [2.75, 3.05) is 5.73 Å². The van der Waals surface area contributed by atoms with E-state index in [0.29, 0.717) is 5.95 Å². The van der Waals surface area contributed by atoms with Gasteiger partial charge in [-0.15, -0.1) is 5.10 Å². The van der Waals surface area contributed by atoms with Crippen LogP contribution < -0.4 is 5.73 Å². The number of anilines is 1. The molecule has 0 aliphatic rings. The lowest BCUT2D eigenvalue weighted by Crippen LogP contribution is -2.01. The topological polar surface area (TPSA) is 85.4 Å². The lowest BCUT2D eigenvalue weighted by atomic mass is 10.2. The monoisotopic (exact) mass is 288 g/mol. The second-order valence-electron chi connectivity index (χ2n) is 4.63. The van der Waals surface area contributed by atoms with E-state index in [4.69, 9.17) is 5.73 Å². The first-order valence-corrected chi connectivity index (χ1v) is 7.44. The standard InChI is InChI=1S/C13H16N6S/c14-13-15-7-11(16-13)1-2-12-8-19(18-17-12)5-3-10-4-6-20-9-10/h4,6-9H,1-3,5H2,(H3,14,15,16). The number of imidazole rings is 1. The molecule has 3 N–H and O–H groups in total. The zero-order valence-electron chi connectivity index (χ0n) is 11.0. The van der Waals surface area contributed by atoms with Crippen molar-refractivity contribution in [1.82, 2.24) is 25.0 Å². The molecule has 0 radical (unpaired) electrons. The predicted octanol–water partition coefficient (Wildman–Crippen LogP) is 1.67. The van der Waals surface area contributed by atoms with Gasteiger partial charge in [0.2, 0.25) is 0 Å². The minimum atomic E-state index is 0.458. The Morgan fingerprint density at radius 2 is 2.15 bits per heavy atom. The van der Waals surface area contributed by atoms with E-state index in [9.17, 15) is 0 Å². The van der Waals surface area contributed by atoms with Crippen molar-refractivity contribution in [3.63, 3.8) is 0 Å². The Labute approximate surface area is 120 Å². The molecule has 0 saturated carbocycles. The summed E-state index contributed by atoms with van der Waals surface area (Å²) in [5, 5.41) is 12.6. The van der Waals surface area contributed by atoms with Crippen LogP contribution in [0, 0.1) is 0 Å². The number of aryl methyl sites for hydroxylation is 4. The molecular weight excluding hydrogens is 272 g/mol. The van der Waals surface area contributed by atoms with Gasteiger partial charge in [-0.1, -0.05) is 5.21 Å². The van der Waals surface area contributed by atoms with Crippen LogP contribution in [0.25, 0.3) is 0 Å². The largest absolute Gasteiger partial charge is 0.369 e. The first-order valence-electron chi connectivity index (χ1n) is 6.49. The van der Waals surface area contributed by atoms with E-state index in [-0.39, 0.29) is 0 Å². The number of hydrogen-bond acceptors (Lipinski definition) is 5. The van der Waals surface area contributed by atoms with Crippen LogP contribution in [0.4, 0.5) is 5.95 Å². The molecule has 0 aliphatic heterocycles. The van der Waals surface area contributed by atoms with Gasteiger partial charge in [-0.25, -0.2) is 4.98 Å². The Bertz CT molecular complexity index is 654. The van der Waals surface area contributed by atoms with Gasteiger partial charge < -0.3 is 10.7 Å². The first kappa shape index (κ1) is 12.9. The van der Waals surface area contributed by atoms with Gasteiger partial charge in [0.05, 0.1) is 11.4 Å². The van der Waals surface area contributed by atoms with Gasteiger partial charge in [-0.3, -0.25) is 4.68 Å². The summed E-state index contributed by atoms with van der Waals surface area (Å²) in [5.41, 5.74) is 8.82. The fraction of sp³-hybridized carbons (Fsp3) is 0.308. The second kappa shape index (κ2) is 5.87. The lowest BCUT2D eigenvalue weighted by Gasteiger charge is -1.97. The number of hydrogen-bond donors (Lipinski definition) is 2. The quantitative estimate of drug-likeness (QED) is 0.722. The molecule has 3 heterocycles. The van der Waals surface area contributed by atoms with Crippen LogP contribution in [0.3, 0.4) is 0 Å². The molecule has 3 aromatic rings. The summed E-state index contributed by atoms with van der Waals surface area (Å²) < 4.78 is 1.89. The summed E-state index contributed by atoms with van der Waals surface area (Å²) in [5.74, 6) is 0.458. The van der Waals surface area contributed by atoms with Gasteiger partial charge >= 0.3 is 0 Å². The van der Waals surface area contributed by atoms with Gasteiger partial charge in [0.15, 0.2) is 5.95 Å². The highest BCUT2D eigenvalue weighted by Crippen LogP contribution is 2.08. The van der Waals surface area contributed by atoms with Crippen LogP contribution in [0.1, 0.15) is 17.0 Å². The third kappa shape index (κ3) is 3.24. The lowest BCUT2D eigenvalue weighted by molar-refractivity contribution is 0.589. The molecule has 0 saturated heterocycles. The predicted molar refractivity (Wildman–Crippen MR) is 78.5 cm³/mol. The van der Waals surface area contributed by atoms with Crippen molar-refractivity contribution in [3.8, 4) is 0 Å². The summed E-state index contributed by atoms with van der Waals surface area (Å²) in [6, 6.07) is 2.14. The summed E-state index contributed by atoms with van der Waals surface area (Å²) in [6.07, 6.45) is 6.46. The molecule has 0 unspecified atom stereocenters. The number of thiophene rings is 1. The minimum absolute atomic E-state index is 0.458. The van der Waals surface area contributed by atoms with E-state index in [1.807, 2.05) is 17.1 Å². The van der Waals surface area contributed by atoms with Crippen LogP contribution in [0.15, 0.2) is 29.2 Å². The molecule has 0 atom stereocenters. The zero-order valence-corrected chi connectivity index (χ0v) is 11.8. The molecule has 0 spiro atoms. The zero-order chi connectivity index (χ0) is 13.8. The molecule has 0 aromatic carbocycles. The maximum Gasteiger partial charge on any atom is 0.197 e. The highest BCUT2D eigenvalue weighted by Gasteiger charge is 2.04. The van der Waals surface area contributed by atoms with Crippen LogP contribution >= 0.6 is 11.3 Å². The Hall–Kier alpha value is -2.15. The highest BCUT2D eigenvalue weighted by atomic mass is 32.1. The number of nitrogens with two attached hydrogens (primary N) is 1. The highest BCUT2D eigenvalue weighted by molar-refractivity contribution is 7.07. The number of nitrogens with one attached hydrogen (secondary N) is 1. The molecule has 6 nitrogen and oxygen atoms in total. The van der Waals surface area contributed by atoms with E-state index < -0.39 is 0 Å². The average Bonchev–Trinajstić information content (AvgIpc) is 3.16. The number of nitrogens with zero attached hydrogens (tertiary/aromatic N) is 4. The van der Waals surface area contributed by atoms with E-state index in [0.717, 1.165) is 37.2 Å². The maximum atomic E-state index is 5.54. The van der Waals surface area contributed by atoms with E-state index in [1.165, 1.54) is 5.56 Å². The van der Waals surface area contributed by atoms with Gasteiger partial charge in [0, 0.05) is 18.9 Å². The SMILES string of the molecule is Nc1nc(CCc2cn(CCc3ccsc3)nn2)c[nH]1. The summed E-state index contributed by atoms with van der Waals surface area (Å²) >= 11 is 1.72. The number of H-pyrrole nitrogens is 1. The Balaban J connectivity index is 1.51. The molecule has 3 aromatic heterocycles. The van der Waals surface area contributed by atoms with Gasteiger partial charge in [-0.2, -0.15) is 11.3 Å². The van der Waals surface area contributed by atoms with Crippen LogP contribution in [-0.2, 0) is 25.8 Å². The van der Waals surface area contributed by atoms with Crippen LogP contribution in [0.2, 0.25) is 0 Å². The molecule has 104 valence electrons. The molecule has 0 fully saturated rings. The van der Waals surface area contributed by atoms with E-state index in [2.05, 4.69) is 37.1 Å². The third-order valence-electron chi connectivity index (χ3n) is 3.08. The van der Waals surface area contributed by atoms with Crippen molar-refractivity contribution < 1.29 is 0 Å². The van der Waals surface area contributed by atoms with E-state index in [1.54, 1.807) is 11.3 Å². The Morgan fingerprint density at radius 3 is 2.90 bits per heavy atom. The van der Waals surface area contributed by atoms with Crippen molar-refractivity contribution in [1.29, 1.82) is 0 Å². The second-order valence-corrected chi connectivity index (χ2v) is 5.41. The molecule has 0 aliphatic carbocycles. The van der Waals surface area contributed by atoms with Crippen molar-refractivity contribution in [2.45, 2.75) is 25.8 Å². The van der Waals surface area contributed by atoms with E-state index >= 15 is 0 Å². The minimum Gasteiger partial charge on any atom is -0.369 e. The average molecular weight is 288 g/mol. The summed E-state index contributed by atoms with van der Waals surface area (Å²) in [4.78, 5) is 7.04.